The number of aromatic nitrogens is 3. The second-order valence-electron chi connectivity index (χ2n) is 10.2. The fourth-order valence-corrected chi connectivity index (χ4v) is 6.97. The summed E-state index contributed by atoms with van der Waals surface area (Å²) >= 11 is 3.04. The van der Waals surface area contributed by atoms with Gasteiger partial charge in [-0.15, -0.1) is 0 Å². The Hall–Kier alpha value is -3.42. The number of thiazole rings is 1. The highest BCUT2D eigenvalue weighted by atomic mass is 32.2. The minimum Gasteiger partial charge on any atom is -0.496 e. The van der Waals surface area contributed by atoms with E-state index < -0.39 is 0 Å². The second-order valence-corrected chi connectivity index (χ2v) is 12.6. The quantitative estimate of drug-likeness (QED) is 0.417. The molecule has 1 atom stereocenters. The van der Waals surface area contributed by atoms with Crippen molar-refractivity contribution in [1.82, 2.24) is 24.8 Å². The fourth-order valence-electron chi connectivity index (χ4n) is 5.03. The van der Waals surface area contributed by atoms with E-state index in [1.165, 1.54) is 11.3 Å². The molecule has 2 aliphatic heterocycles. The Bertz CT molecular complexity index is 1420. The number of nitrogens with one attached hydrogen (secondary N) is 1. The van der Waals surface area contributed by atoms with E-state index in [9.17, 15) is 14.7 Å². The molecule has 1 unspecified atom stereocenters. The molecule has 2 aliphatic rings. The summed E-state index contributed by atoms with van der Waals surface area (Å²) in [7, 11) is 1.57. The van der Waals surface area contributed by atoms with Crippen molar-refractivity contribution in [2.45, 2.75) is 48.8 Å². The molecule has 0 radical (unpaired) electrons. The molecule has 11 nitrogen and oxygen atoms in total. The average Bonchev–Trinajstić information content (AvgIpc) is 3.39. The zero-order valence-corrected chi connectivity index (χ0v) is 25.3. The van der Waals surface area contributed by atoms with Crippen molar-refractivity contribution in [2.75, 3.05) is 56.6 Å². The number of carbonyl (C=O) groups is 2. The molecule has 0 aliphatic carbocycles. The zero-order chi connectivity index (χ0) is 29.1. The van der Waals surface area contributed by atoms with Crippen LogP contribution in [0.1, 0.15) is 41.5 Å². The summed E-state index contributed by atoms with van der Waals surface area (Å²) in [6.07, 6.45) is 3.20. The van der Waals surface area contributed by atoms with E-state index in [1.807, 2.05) is 32.0 Å². The van der Waals surface area contributed by atoms with Crippen molar-refractivity contribution in [2.24, 2.45) is 0 Å². The number of aryl methyl sites for hydroxylation is 2. The summed E-state index contributed by atoms with van der Waals surface area (Å²) in [5.41, 5.74) is 1.50. The third-order valence-corrected chi connectivity index (χ3v) is 9.39. The van der Waals surface area contributed by atoms with Crippen molar-refractivity contribution in [3.05, 3.63) is 41.3 Å². The number of anilines is 3. The molecule has 3 aromatic rings. The first-order valence-corrected chi connectivity index (χ1v) is 15.3. The molecule has 5 rings (SSSR count). The van der Waals surface area contributed by atoms with Gasteiger partial charge in [-0.1, -0.05) is 23.1 Å². The summed E-state index contributed by atoms with van der Waals surface area (Å²) in [5.74, 6) is 2.54. The summed E-state index contributed by atoms with van der Waals surface area (Å²) in [5, 5.41) is 14.1. The molecule has 41 heavy (non-hydrogen) atoms. The van der Waals surface area contributed by atoms with Crippen LogP contribution in [0.5, 0.6) is 5.75 Å². The molecule has 2 fully saturated rings. The van der Waals surface area contributed by atoms with Gasteiger partial charge in [0.25, 0.3) is 5.91 Å². The number of rotatable bonds is 7. The van der Waals surface area contributed by atoms with E-state index in [1.54, 1.807) is 41.8 Å². The highest BCUT2D eigenvalue weighted by Gasteiger charge is 2.26. The van der Waals surface area contributed by atoms with Crippen molar-refractivity contribution in [1.29, 1.82) is 0 Å². The van der Waals surface area contributed by atoms with Crippen LogP contribution in [-0.4, -0.2) is 94.2 Å². The zero-order valence-electron chi connectivity index (χ0n) is 23.7. The Labute approximate surface area is 247 Å². The number of carbonyl (C=O) groups excluding carboxylic acids is 2. The monoisotopic (exact) mass is 597 g/mol. The van der Waals surface area contributed by atoms with Gasteiger partial charge in [-0.2, -0.15) is 0 Å². The Morgan fingerprint density at radius 3 is 2.56 bits per heavy atom. The number of piperazine rings is 1. The largest absolute Gasteiger partial charge is 0.496 e. The minimum atomic E-state index is -0.344. The number of aliphatic hydroxyl groups is 1. The van der Waals surface area contributed by atoms with Gasteiger partial charge >= 0.3 is 0 Å². The maximum absolute atomic E-state index is 13.5. The lowest BCUT2D eigenvalue weighted by Crippen LogP contribution is -2.50. The number of aliphatic hydroxyl groups excluding tert-OH is 1. The predicted molar refractivity (Wildman–Crippen MR) is 160 cm³/mol. The molecule has 2 amide bonds. The Morgan fingerprint density at radius 2 is 1.85 bits per heavy atom. The van der Waals surface area contributed by atoms with Crippen molar-refractivity contribution < 1.29 is 19.4 Å². The maximum atomic E-state index is 13.5. The van der Waals surface area contributed by atoms with Gasteiger partial charge in [0.2, 0.25) is 5.91 Å². The summed E-state index contributed by atoms with van der Waals surface area (Å²) in [6.45, 7) is 8.86. The molecule has 13 heteroatoms. The van der Waals surface area contributed by atoms with Gasteiger partial charge in [0.05, 0.1) is 29.2 Å². The second kappa shape index (κ2) is 12.6. The van der Waals surface area contributed by atoms with Crippen LogP contribution in [0.4, 0.5) is 16.8 Å². The number of benzene rings is 1. The molecule has 4 heterocycles. The van der Waals surface area contributed by atoms with Gasteiger partial charge in [0.1, 0.15) is 23.2 Å². The Balaban J connectivity index is 1.30. The van der Waals surface area contributed by atoms with Gasteiger partial charge in [-0.05, 0) is 44.4 Å². The first-order chi connectivity index (χ1) is 19.7. The molecule has 0 spiro atoms. The third-order valence-electron chi connectivity index (χ3n) is 7.21. The number of nitrogens with zero attached hydrogens (tertiary/aromatic N) is 6. The van der Waals surface area contributed by atoms with Crippen LogP contribution in [0.15, 0.2) is 33.5 Å². The standard InChI is InChI=1S/C28H35N7O4S2/c1-17-12-22(39-4)21(27(38)34-10-8-33(9-11-34)19(3)36)13-23(17)40-26-15-29-28(41-26)32-24-14-25(31-18(2)30-24)35-7-5-6-20(37)16-35/h12-15,20,37H,5-11,16H2,1-4H3,(H,29,30,31,32). The lowest BCUT2D eigenvalue weighted by molar-refractivity contribution is -0.130. The SMILES string of the molecule is COc1cc(C)c(Sc2cnc(Nc3cc(N4CCCC(O)C4)nc(C)n3)s2)cc1C(=O)N1CCN(C(C)=O)CC1. The van der Waals surface area contributed by atoms with E-state index >= 15 is 0 Å². The number of hydrogen-bond donors (Lipinski definition) is 2. The normalized spacial score (nSPS) is 17.5. The van der Waals surface area contributed by atoms with Crippen molar-refractivity contribution >= 4 is 51.7 Å². The molecule has 2 saturated heterocycles. The van der Waals surface area contributed by atoms with Gasteiger partial charge < -0.3 is 29.9 Å². The number of amides is 2. The highest BCUT2D eigenvalue weighted by Crippen LogP contribution is 2.39. The lowest BCUT2D eigenvalue weighted by atomic mass is 10.1. The Kier molecular flexibility index (Phi) is 8.95. The number of β-amino-alcohol motifs (C(OH)–C–C–N with tert-alkyl or cyclic N) is 1. The highest BCUT2D eigenvalue weighted by molar-refractivity contribution is 8.01. The molecule has 2 N–H and O–H groups in total. The molecule has 0 saturated carbocycles. The number of piperidine rings is 1. The molecular formula is C28H35N7O4S2. The van der Waals surface area contributed by atoms with Gasteiger partial charge in [-0.3, -0.25) is 9.59 Å². The van der Waals surface area contributed by atoms with Crippen LogP contribution in [0.25, 0.3) is 0 Å². The van der Waals surface area contributed by atoms with E-state index in [2.05, 4.69) is 25.2 Å². The van der Waals surface area contributed by atoms with Crippen LogP contribution >= 0.6 is 23.1 Å². The van der Waals surface area contributed by atoms with Crippen LogP contribution in [0, 0.1) is 13.8 Å². The number of methoxy groups -OCH3 is 1. The van der Waals surface area contributed by atoms with Gasteiger partial charge in [0, 0.05) is 57.2 Å². The maximum Gasteiger partial charge on any atom is 0.257 e. The fraction of sp³-hybridized carbons (Fsp3) is 0.464. The van der Waals surface area contributed by atoms with Crippen molar-refractivity contribution in [3.63, 3.8) is 0 Å². The van der Waals surface area contributed by atoms with Crippen LogP contribution in [0.2, 0.25) is 0 Å². The van der Waals surface area contributed by atoms with E-state index in [0.717, 1.165) is 39.9 Å². The Morgan fingerprint density at radius 1 is 1.10 bits per heavy atom. The van der Waals surface area contributed by atoms with Crippen LogP contribution in [0.3, 0.4) is 0 Å². The summed E-state index contributed by atoms with van der Waals surface area (Å²) in [6, 6.07) is 5.67. The molecule has 2 aromatic heterocycles. The predicted octanol–water partition coefficient (Wildman–Crippen LogP) is 3.72. The lowest BCUT2D eigenvalue weighted by Gasteiger charge is -2.34. The van der Waals surface area contributed by atoms with Crippen LogP contribution in [-0.2, 0) is 4.79 Å². The van der Waals surface area contributed by atoms with E-state index in [0.29, 0.717) is 60.8 Å². The number of hydrogen-bond acceptors (Lipinski definition) is 11. The smallest absolute Gasteiger partial charge is 0.257 e. The third kappa shape index (κ3) is 6.91. The molecule has 0 bridgehead atoms. The van der Waals surface area contributed by atoms with Gasteiger partial charge in [0.15, 0.2) is 5.13 Å². The van der Waals surface area contributed by atoms with Gasteiger partial charge in [-0.25, -0.2) is 15.0 Å². The molecule has 1 aromatic carbocycles. The summed E-state index contributed by atoms with van der Waals surface area (Å²) in [4.78, 5) is 45.3. The minimum absolute atomic E-state index is 0.0271. The molecular weight excluding hydrogens is 562 g/mol. The topological polar surface area (TPSA) is 124 Å². The summed E-state index contributed by atoms with van der Waals surface area (Å²) < 4.78 is 6.53. The van der Waals surface area contributed by atoms with Crippen LogP contribution < -0.4 is 15.0 Å². The first-order valence-electron chi connectivity index (χ1n) is 13.6. The first kappa shape index (κ1) is 29.1. The van der Waals surface area contributed by atoms with Crippen molar-refractivity contribution in [3.8, 4) is 5.75 Å². The van der Waals surface area contributed by atoms with E-state index in [4.69, 9.17) is 4.74 Å². The molecule has 218 valence electrons. The number of ether oxygens (including phenoxy) is 1. The average molecular weight is 598 g/mol. The van der Waals surface area contributed by atoms with E-state index in [-0.39, 0.29) is 17.9 Å².